The van der Waals surface area contributed by atoms with Gasteiger partial charge >= 0.3 is 0 Å². The first-order valence-electron chi connectivity index (χ1n) is 21.3. The molecule has 11 rings (SSSR count). The van der Waals surface area contributed by atoms with E-state index in [0.717, 1.165) is 38.3 Å². The third-order valence-corrected chi connectivity index (χ3v) is 15.1. The van der Waals surface area contributed by atoms with Crippen LogP contribution in [0, 0.1) is 6.92 Å². The zero-order valence-corrected chi connectivity index (χ0v) is 36.2. The van der Waals surface area contributed by atoms with Gasteiger partial charge in [0.15, 0.2) is 0 Å². The highest BCUT2D eigenvalue weighted by Crippen LogP contribution is 2.53. The molecule has 0 radical (unpaired) electrons. The molecule has 0 atom stereocenters. The lowest BCUT2D eigenvalue weighted by Gasteiger charge is -2.48. The number of hydrogen-bond donors (Lipinski definition) is 0. The Morgan fingerprint density at radius 3 is 1.84 bits per heavy atom. The average molecular weight is 779 g/mol. The second-order valence-electron chi connectivity index (χ2n) is 20.5. The SMILES string of the molecule is Cc1cc2c3c(c1)N(c1cccc4oc5ccccc5c14)c1cc(Cl)ccc1B3c1cc3c(cc1N2c1ccc2c(c1)C(C)(C)CCC2(C)C)C(C)(C)CCC3(C)C. The summed E-state index contributed by atoms with van der Waals surface area (Å²) in [6.45, 7) is 21.8. The number of fused-ring (bicyclic) bond motifs is 9. The summed E-state index contributed by atoms with van der Waals surface area (Å²) < 4.78 is 6.51. The summed E-state index contributed by atoms with van der Waals surface area (Å²) in [4.78, 5) is 5.13. The molecule has 5 heteroatoms. The van der Waals surface area contributed by atoms with E-state index in [4.69, 9.17) is 16.0 Å². The van der Waals surface area contributed by atoms with Crippen LogP contribution >= 0.6 is 11.6 Å². The van der Waals surface area contributed by atoms with Crippen LogP contribution in [-0.2, 0) is 21.7 Å². The van der Waals surface area contributed by atoms with Crippen LogP contribution in [0.2, 0.25) is 5.02 Å². The van der Waals surface area contributed by atoms with E-state index in [9.17, 15) is 0 Å². The quantitative estimate of drug-likeness (QED) is 0.163. The maximum atomic E-state index is 7.03. The van der Waals surface area contributed by atoms with Gasteiger partial charge in [0.1, 0.15) is 11.2 Å². The van der Waals surface area contributed by atoms with Gasteiger partial charge in [0.2, 0.25) is 0 Å². The Hall–Kier alpha value is -4.93. The van der Waals surface area contributed by atoms with Crippen molar-refractivity contribution in [3.63, 3.8) is 0 Å². The predicted molar refractivity (Wildman–Crippen MR) is 248 cm³/mol. The number of rotatable bonds is 2. The summed E-state index contributed by atoms with van der Waals surface area (Å²) in [7, 11) is 0. The highest BCUT2D eigenvalue weighted by atomic mass is 35.5. The van der Waals surface area contributed by atoms with E-state index in [1.165, 1.54) is 92.6 Å². The minimum Gasteiger partial charge on any atom is -0.456 e. The van der Waals surface area contributed by atoms with Crippen molar-refractivity contribution < 1.29 is 4.42 Å². The maximum Gasteiger partial charge on any atom is 0.252 e. The monoisotopic (exact) mass is 778 g/mol. The Morgan fingerprint density at radius 2 is 1.12 bits per heavy atom. The molecule has 0 unspecified atom stereocenters. The van der Waals surface area contributed by atoms with Gasteiger partial charge in [0, 0.05) is 38.8 Å². The van der Waals surface area contributed by atoms with E-state index in [0.29, 0.717) is 0 Å². The van der Waals surface area contributed by atoms with Crippen molar-refractivity contribution in [3.05, 3.63) is 136 Å². The molecule has 7 aromatic rings. The summed E-state index contributed by atoms with van der Waals surface area (Å²) in [6, 6.07) is 39.0. The normalized spacial score (nSPS) is 19.0. The Kier molecular flexibility index (Phi) is 7.39. The first-order valence-corrected chi connectivity index (χ1v) is 21.7. The van der Waals surface area contributed by atoms with Gasteiger partial charge in [-0.3, -0.25) is 0 Å². The van der Waals surface area contributed by atoms with E-state index in [1.807, 2.05) is 0 Å². The van der Waals surface area contributed by atoms with Gasteiger partial charge < -0.3 is 14.2 Å². The third kappa shape index (κ3) is 5.00. The summed E-state index contributed by atoms with van der Waals surface area (Å²) >= 11 is 7.03. The Bertz CT molecular complexity index is 2910. The number of hydrogen-bond acceptors (Lipinski definition) is 3. The van der Waals surface area contributed by atoms with Crippen molar-refractivity contribution in [2.75, 3.05) is 9.80 Å². The summed E-state index contributed by atoms with van der Waals surface area (Å²) in [5.41, 5.74) is 20.4. The highest BCUT2D eigenvalue weighted by molar-refractivity contribution is 7.00. The highest BCUT2D eigenvalue weighted by Gasteiger charge is 2.47. The van der Waals surface area contributed by atoms with Gasteiger partial charge in [-0.05, 0) is 159 Å². The molecule has 3 heterocycles. The molecule has 58 heavy (non-hydrogen) atoms. The number of benzene rings is 6. The van der Waals surface area contributed by atoms with Crippen LogP contribution in [0.3, 0.4) is 0 Å². The second-order valence-corrected chi connectivity index (χ2v) is 20.9. The van der Waals surface area contributed by atoms with Crippen molar-refractivity contribution in [3.8, 4) is 0 Å². The second kappa shape index (κ2) is 11.8. The lowest BCUT2D eigenvalue weighted by molar-refractivity contribution is 0.332. The number of aryl methyl sites for hydroxylation is 1. The molecule has 2 aliphatic heterocycles. The van der Waals surface area contributed by atoms with Gasteiger partial charge in [-0.25, -0.2) is 0 Å². The van der Waals surface area contributed by atoms with Gasteiger partial charge in [0.05, 0.1) is 11.1 Å². The van der Waals surface area contributed by atoms with Crippen LogP contribution in [0.4, 0.5) is 34.1 Å². The van der Waals surface area contributed by atoms with Crippen LogP contribution in [-0.4, -0.2) is 6.71 Å². The molecule has 6 aromatic carbocycles. The molecular formula is C53H52BClN2O. The number of furan rings is 1. The zero-order chi connectivity index (χ0) is 40.3. The Morgan fingerprint density at radius 1 is 0.517 bits per heavy atom. The molecule has 2 aliphatic carbocycles. The molecule has 3 nitrogen and oxygen atoms in total. The third-order valence-electron chi connectivity index (χ3n) is 14.9. The average Bonchev–Trinajstić information content (AvgIpc) is 3.57. The minimum atomic E-state index is 0.0137. The number of nitrogens with zero attached hydrogens (tertiary/aromatic N) is 2. The number of halogens is 1. The first-order chi connectivity index (χ1) is 27.5. The Balaban J connectivity index is 1.26. The van der Waals surface area contributed by atoms with Gasteiger partial charge in [-0.1, -0.05) is 109 Å². The maximum absolute atomic E-state index is 7.03. The minimum absolute atomic E-state index is 0.0137. The smallest absolute Gasteiger partial charge is 0.252 e. The molecular weight excluding hydrogens is 727 g/mol. The lowest BCUT2D eigenvalue weighted by atomic mass is 9.33. The number of para-hydroxylation sites is 1. The van der Waals surface area contributed by atoms with Crippen molar-refractivity contribution in [1.82, 2.24) is 0 Å². The topological polar surface area (TPSA) is 19.6 Å². The van der Waals surface area contributed by atoms with E-state index >= 15 is 0 Å². The van der Waals surface area contributed by atoms with Crippen LogP contribution in [0.1, 0.15) is 109 Å². The fourth-order valence-corrected chi connectivity index (χ4v) is 11.5. The van der Waals surface area contributed by atoms with Crippen LogP contribution in [0.25, 0.3) is 21.9 Å². The molecule has 290 valence electrons. The molecule has 0 spiro atoms. The lowest BCUT2D eigenvalue weighted by Crippen LogP contribution is -2.61. The summed E-state index contributed by atoms with van der Waals surface area (Å²) in [6.07, 6.45) is 4.70. The fourth-order valence-electron chi connectivity index (χ4n) is 11.4. The largest absolute Gasteiger partial charge is 0.456 e. The van der Waals surface area contributed by atoms with Crippen LogP contribution in [0.5, 0.6) is 0 Å². The van der Waals surface area contributed by atoms with E-state index in [1.54, 1.807) is 0 Å². The number of anilines is 6. The summed E-state index contributed by atoms with van der Waals surface area (Å²) in [5.74, 6) is 0. The van der Waals surface area contributed by atoms with Crippen molar-refractivity contribution in [2.24, 2.45) is 0 Å². The zero-order valence-electron chi connectivity index (χ0n) is 35.4. The molecule has 0 saturated carbocycles. The Labute approximate surface area is 349 Å². The molecule has 0 bridgehead atoms. The van der Waals surface area contributed by atoms with Crippen molar-refractivity contribution in [1.29, 1.82) is 0 Å². The molecule has 1 aromatic heterocycles. The standard InChI is InChI=1S/C53H52BClN2O/c1-31-25-44-49-45(26-31)57(41-14-12-16-47-48(41)34-13-10-11-15-46(34)58-47)42-27-32(55)17-20-39(42)54(49)40-29-37-38(53(8,9)24-23-52(37,6)7)30-43(40)56(44)33-18-19-35-36(28-33)51(4,5)22-21-50(35,2)3/h10-20,25-30H,21-24H2,1-9H3. The van der Waals surface area contributed by atoms with Crippen LogP contribution in [0.15, 0.2) is 108 Å². The van der Waals surface area contributed by atoms with E-state index in [2.05, 4.69) is 175 Å². The molecule has 0 N–H and O–H groups in total. The van der Waals surface area contributed by atoms with Crippen LogP contribution < -0.4 is 26.2 Å². The van der Waals surface area contributed by atoms with Crippen molar-refractivity contribution in [2.45, 2.75) is 110 Å². The summed E-state index contributed by atoms with van der Waals surface area (Å²) in [5, 5.41) is 2.96. The van der Waals surface area contributed by atoms with Gasteiger partial charge in [-0.15, -0.1) is 0 Å². The molecule has 0 fully saturated rings. The van der Waals surface area contributed by atoms with Gasteiger partial charge in [-0.2, -0.15) is 0 Å². The molecule has 0 saturated heterocycles. The van der Waals surface area contributed by atoms with Crippen molar-refractivity contribution >= 4 is 90.8 Å². The molecule has 0 amide bonds. The fraction of sp³-hybridized carbons (Fsp3) is 0.321. The van der Waals surface area contributed by atoms with E-state index in [-0.39, 0.29) is 28.4 Å². The van der Waals surface area contributed by atoms with Gasteiger partial charge in [0.25, 0.3) is 6.71 Å². The predicted octanol–water partition coefficient (Wildman–Crippen LogP) is 13.3. The first kappa shape index (κ1) is 36.2. The molecule has 4 aliphatic rings. The van der Waals surface area contributed by atoms with E-state index < -0.39 is 0 Å².